The predicted molar refractivity (Wildman–Crippen MR) is 88.0 cm³/mol. The summed E-state index contributed by atoms with van der Waals surface area (Å²) < 4.78 is 0. The van der Waals surface area contributed by atoms with Crippen molar-refractivity contribution in [2.45, 2.75) is 6.54 Å². The largest absolute Gasteiger partial charge is 0.364 e. The van der Waals surface area contributed by atoms with E-state index in [4.69, 9.17) is 0 Å². The van der Waals surface area contributed by atoms with Crippen LogP contribution in [-0.2, 0) is 6.54 Å². The van der Waals surface area contributed by atoms with Crippen LogP contribution < -0.4 is 10.6 Å². The Hall–Kier alpha value is -3.28. The van der Waals surface area contributed by atoms with Crippen LogP contribution >= 0.6 is 0 Å². The molecule has 1 amide bonds. The maximum atomic E-state index is 12.0. The van der Waals surface area contributed by atoms with E-state index in [1.165, 1.54) is 0 Å². The average Bonchev–Trinajstić information content (AvgIpc) is 2.63. The summed E-state index contributed by atoms with van der Waals surface area (Å²) in [6.07, 6.45) is 6.53. The lowest BCUT2D eigenvalue weighted by atomic mass is 10.2. The summed E-state index contributed by atoms with van der Waals surface area (Å²) in [4.78, 5) is 24.4. The highest BCUT2D eigenvalue weighted by Gasteiger charge is 2.05. The average molecular weight is 305 g/mol. The number of hydrogen-bond donors (Lipinski definition) is 2. The first-order valence-corrected chi connectivity index (χ1v) is 7.12. The molecule has 3 rings (SSSR count). The van der Waals surface area contributed by atoms with Crippen LogP contribution in [0, 0.1) is 0 Å². The van der Waals surface area contributed by atoms with Gasteiger partial charge in [-0.25, -0.2) is 4.98 Å². The summed E-state index contributed by atoms with van der Waals surface area (Å²) in [7, 11) is 0. The molecule has 0 atom stereocenters. The number of amides is 1. The Bertz CT molecular complexity index is 760. The first-order chi connectivity index (χ1) is 11.3. The molecule has 0 aromatic carbocycles. The monoisotopic (exact) mass is 305 g/mol. The van der Waals surface area contributed by atoms with Gasteiger partial charge in [0.2, 0.25) is 0 Å². The zero-order chi connectivity index (χ0) is 15.9. The van der Waals surface area contributed by atoms with Gasteiger partial charge in [0.1, 0.15) is 5.82 Å². The smallest absolute Gasteiger partial charge is 0.255 e. The standard InChI is InChI=1S/C17H15N5O/c23-17(13-6-9-18-10-7-13)22-15-4-5-16(21-12-15)20-11-14-3-1-2-8-19-14/h1-10,12H,11H2,(H,20,21)(H,22,23). The quantitative estimate of drug-likeness (QED) is 0.757. The molecular formula is C17H15N5O. The molecule has 0 radical (unpaired) electrons. The van der Waals surface area contributed by atoms with E-state index in [-0.39, 0.29) is 5.91 Å². The number of anilines is 2. The highest BCUT2D eigenvalue weighted by atomic mass is 16.1. The van der Waals surface area contributed by atoms with Gasteiger partial charge in [-0.15, -0.1) is 0 Å². The van der Waals surface area contributed by atoms with E-state index >= 15 is 0 Å². The molecule has 0 aliphatic rings. The van der Waals surface area contributed by atoms with Crippen LogP contribution in [0.2, 0.25) is 0 Å². The molecule has 114 valence electrons. The number of nitrogens with one attached hydrogen (secondary N) is 2. The van der Waals surface area contributed by atoms with Crippen LogP contribution in [0.25, 0.3) is 0 Å². The molecule has 3 heterocycles. The second-order valence-corrected chi connectivity index (χ2v) is 4.80. The molecule has 23 heavy (non-hydrogen) atoms. The van der Waals surface area contributed by atoms with Crippen LogP contribution in [-0.4, -0.2) is 20.9 Å². The Balaban J connectivity index is 1.58. The van der Waals surface area contributed by atoms with Crippen LogP contribution in [0.4, 0.5) is 11.5 Å². The minimum atomic E-state index is -0.191. The number of carbonyl (C=O) groups excluding carboxylic acids is 1. The van der Waals surface area contributed by atoms with Gasteiger partial charge in [-0.3, -0.25) is 14.8 Å². The zero-order valence-electron chi connectivity index (χ0n) is 12.3. The van der Waals surface area contributed by atoms with Crippen LogP contribution in [0.1, 0.15) is 16.1 Å². The number of carbonyl (C=O) groups is 1. The second-order valence-electron chi connectivity index (χ2n) is 4.80. The minimum Gasteiger partial charge on any atom is -0.364 e. The highest BCUT2D eigenvalue weighted by Crippen LogP contribution is 2.12. The Labute approximate surface area is 133 Å². The number of rotatable bonds is 5. The molecular weight excluding hydrogens is 290 g/mol. The molecule has 3 aromatic heterocycles. The topological polar surface area (TPSA) is 79.8 Å². The van der Waals surface area contributed by atoms with Gasteiger partial charge >= 0.3 is 0 Å². The van der Waals surface area contributed by atoms with E-state index in [1.807, 2.05) is 24.3 Å². The van der Waals surface area contributed by atoms with Crippen molar-refractivity contribution in [3.05, 3.63) is 78.5 Å². The molecule has 0 aliphatic heterocycles. The molecule has 0 unspecified atom stereocenters. The summed E-state index contributed by atoms with van der Waals surface area (Å²) in [5.74, 6) is 0.529. The maximum absolute atomic E-state index is 12.0. The van der Waals surface area contributed by atoms with Crippen molar-refractivity contribution in [2.75, 3.05) is 10.6 Å². The van der Waals surface area contributed by atoms with E-state index < -0.39 is 0 Å². The Kier molecular flexibility index (Phi) is 4.54. The van der Waals surface area contributed by atoms with E-state index in [9.17, 15) is 4.79 Å². The van der Waals surface area contributed by atoms with Gasteiger partial charge < -0.3 is 10.6 Å². The Morgan fingerprint density at radius 3 is 2.52 bits per heavy atom. The van der Waals surface area contributed by atoms with Crippen molar-refractivity contribution >= 4 is 17.4 Å². The number of hydrogen-bond acceptors (Lipinski definition) is 5. The van der Waals surface area contributed by atoms with Gasteiger partial charge in [-0.05, 0) is 36.4 Å². The third kappa shape index (κ3) is 4.10. The molecule has 0 fully saturated rings. The van der Waals surface area contributed by atoms with Gasteiger partial charge in [0, 0.05) is 24.2 Å². The van der Waals surface area contributed by atoms with Crippen molar-refractivity contribution in [2.24, 2.45) is 0 Å². The van der Waals surface area contributed by atoms with Crippen LogP contribution in [0.15, 0.2) is 67.3 Å². The molecule has 0 saturated carbocycles. The van der Waals surface area contributed by atoms with E-state index in [0.717, 1.165) is 11.5 Å². The summed E-state index contributed by atoms with van der Waals surface area (Å²) in [6.45, 7) is 0.594. The molecule has 6 heteroatoms. The molecule has 0 spiro atoms. The fourth-order valence-corrected chi connectivity index (χ4v) is 1.96. The van der Waals surface area contributed by atoms with Gasteiger partial charge in [-0.1, -0.05) is 6.07 Å². The van der Waals surface area contributed by atoms with E-state index in [0.29, 0.717) is 17.8 Å². The third-order valence-corrected chi connectivity index (χ3v) is 3.14. The predicted octanol–water partition coefficient (Wildman–Crippen LogP) is 2.74. The van der Waals surface area contributed by atoms with Crippen molar-refractivity contribution in [1.29, 1.82) is 0 Å². The molecule has 2 N–H and O–H groups in total. The van der Waals surface area contributed by atoms with Crippen molar-refractivity contribution < 1.29 is 4.79 Å². The van der Waals surface area contributed by atoms with Gasteiger partial charge in [0.05, 0.1) is 24.1 Å². The summed E-state index contributed by atoms with van der Waals surface area (Å²) in [5, 5.41) is 5.97. The lowest BCUT2D eigenvalue weighted by Gasteiger charge is -2.07. The first-order valence-electron chi connectivity index (χ1n) is 7.12. The first kappa shape index (κ1) is 14.6. The van der Waals surface area contributed by atoms with Crippen LogP contribution in [0.3, 0.4) is 0 Å². The van der Waals surface area contributed by atoms with Gasteiger partial charge in [0.25, 0.3) is 5.91 Å². The van der Waals surface area contributed by atoms with Crippen LogP contribution in [0.5, 0.6) is 0 Å². The van der Waals surface area contributed by atoms with Crippen molar-refractivity contribution in [3.63, 3.8) is 0 Å². The molecule has 0 saturated heterocycles. The molecule has 3 aromatic rings. The number of aromatic nitrogens is 3. The summed E-state index contributed by atoms with van der Waals surface area (Å²) >= 11 is 0. The SMILES string of the molecule is O=C(Nc1ccc(NCc2ccccn2)nc1)c1ccncc1. The second kappa shape index (κ2) is 7.13. The fraction of sp³-hybridized carbons (Fsp3) is 0.0588. The fourth-order valence-electron chi connectivity index (χ4n) is 1.96. The summed E-state index contributed by atoms with van der Waals surface area (Å²) in [6, 6.07) is 12.7. The van der Waals surface area contributed by atoms with Gasteiger partial charge in [0.15, 0.2) is 0 Å². The number of pyridine rings is 3. The highest BCUT2D eigenvalue weighted by molar-refractivity contribution is 6.04. The van der Waals surface area contributed by atoms with E-state index in [2.05, 4.69) is 25.6 Å². The lowest BCUT2D eigenvalue weighted by Crippen LogP contribution is -2.12. The molecule has 0 bridgehead atoms. The Morgan fingerprint density at radius 1 is 0.957 bits per heavy atom. The minimum absolute atomic E-state index is 0.191. The van der Waals surface area contributed by atoms with Gasteiger partial charge in [-0.2, -0.15) is 0 Å². The normalized spacial score (nSPS) is 10.1. The summed E-state index contributed by atoms with van der Waals surface area (Å²) in [5.41, 5.74) is 2.12. The zero-order valence-corrected chi connectivity index (χ0v) is 12.3. The van der Waals surface area contributed by atoms with Crippen molar-refractivity contribution in [1.82, 2.24) is 15.0 Å². The molecule has 6 nitrogen and oxygen atoms in total. The maximum Gasteiger partial charge on any atom is 0.255 e. The third-order valence-electron chi connectivity index (χ3n) is 3.14. The van der Waals surface area contributed by atoms with Crippen molar-refractivity contribution in [3.8, 4) is 0 Å². The lowest BCUT2D eigenvalue weighted by molar-refractivity contribution is 0.102. The molecule has 0 aliphatic carbocycles. The van der Waals surface area contributed by atoms with E-state index in [1.54, 1.807) is 43.0 Å². The Morgan fingerprint density at radius 2 is 1.83 bits per heavy atom. The number of nitrogens with zero attached hydrogens (tertiary/aromatic N) is 3.